The first kappa shape index (κ1) is 18.6. The topological polar surface area (TPSA) is 50.4 Å². The molecule has 4 nitrogen and oxygen atoms in total. The summed E-state index contributed by atoms with van der Waals surface area (Å²) in [5, 5.41) is 6.89. The molecule has 3 atom stereocenters. The highest BCUT2D eigenvalue weighted by atomic mass is 16.6. The first-order valence-corrected chi connectivity index (χ1v) is 9.60. The molecule has 2 rings (SSSR count). The molecule has 0 aromatic carbocycles. The van der Waals surface area contributed by atoms with E-state index in [9.17, 15) is 4.79 Å². The zero-order chi connectivity index (χ0) is 16.9. The molecule has 0 aliphatic heterocycles. The van der Waals surface area contributed by atoms with Crippen LogP contribution in [0, 0.1) is 11.8 Å². The van der Waals surface area contributed by atoms with Gasteiger partial charge in [0.05, 0.1) is 0 Å². The lowest BCUT2D eigenvalue weighted by molar-refractivity contribution is 0.0509. The van der Waals surface area contributed by atoms with Gasteiger partial charge in [0.15, 0.2) is 0 Å². The summed E-state index contributed by atoms with van der Waals surface area (Å²) >= 11 is 0. The van der Waals surface area contributed by atoms with E-state index in [1.165, 1.54) is 51.4 Å². The molecular formula is C19H36N2O2. The van der Waals surface area contributed by atoms with Crippen LogP contribution < -0.4 is 10.6 Å². The third-order valence-electron chi connectivity index (χ3n) is 5.07. The van der Waals surface area contributed by atoms with E-state index in [0.717, 1.165) is 12.5 Å². The van der Waals surface area contributed by atoms with Crippen LogP contribution in [0.3, 0.4) is 0 Å². The molecule has 134 valence electrons. The molecule has 0 radical (unpaired) electrons. The molecule has 0 aromatic rings. The van der Waals surface area contributed by atoms with Crippen molar-refractivity contribution in [3.8, 4) is 0 Å². The number of ether oxygens (including phenoxy) is 1. The maximum Gasteiger partial charge on any atom is 0.407 e. The number of alkyl carbamates (subject to hydrolysis) is 1. The maximum absolute atomic E-state index is 11.9. The Morgan fingerprint density at radius 1 is 1.17 bits per heavy atom. The Kier molecular flexibility index (Phi) is 6.75. The Morgan fingerprint density at radius 2 is 1.87 bits per heavy atom. The van der Waals surface area contributed by atoms with Crippen LogP contribution in [0.1, 0.15) is 79.1 Å². The molecule has 2 aliphatic carbocycles. The highest BCUT2D eigenvalue weighted by molar-refractivity contribution is 5.67. The van der Waals surface area contributed by atoms with Gasteiger partial charge < -0.3 is 15.4 Å². The van der Waals surface area contributed by atoms with Gasteiger partial charge in [-0.3, -0.25) is 0 Å². The second kappa shape index (κ2) is 8.36. The maximum atomic E-state index is 11.9. The minimum Gasteiger partial charge on any atom is -0.444 e. The molecule has 0 bridgehead atoms. The largest absolute Gasteiger partial charge is 0.444 e. The minimum absolute atomic E-state index is 0.285. The van der Waals surface area contributed by atoms with Gasteiger partial charge in [0.1, 0.15) is 5.60 Å². The van der Waals surface area contributed by atoms with Gasteiger partial charge in [0, 0.05) is 18.6 Å². The first-order valence-electron chi connectivity index (χ1n) is 9.60. The fourth-order valence-corrected chi connectivity index (χ4v) is 3.61. The second-order valence-corrected chi connectivity index (χ2v) is 8.48. The van der Waals surface area contributed by atoms with Crippen LogP contribution in [0.5, 0.6) is 0 Å². The van der Waals surface area contributed by atoms with Crippen LogP contribution in [0.25, 0.3) is 0 Å². The molecule has 2 fully saturated rings. The van der Waals surface area contributed by atoms with Crippen molar-refractivity contribution >= 4 is 6.09 Å². The summed E-state index contributed by atoms with van der Waals surface area (Å²) in [7, 11) is 0. The molecule has 4 heteroatoms. The van der Waals surface area contributed by atoms with Gasteiger partial charge in [-0.1, -0.05) is 32.6 Å². The Bertz CT molecular complexity index is 374. The van der Waals surface area contributed by atoms with Crippen LogP contribution in [0.4, 0.5) is 4.79 Å². The van der Waals surface area contributed by atoms with Gasteiger partial charge in [0.2, 0.25) is 0 Å². The zero-order valence-electron chi connectivity index (χ0n) is 15.5. The molecule has 0 spiro atoms. The van der Waals surface area contributed by atoms with Crippen molar-refractivity contribution in [2.75, 3.05) is 6.54 Å². The number of nitrogens with one attached hydrogen (secondary N) is 2. The standard InChI is InChI=1S/C19H36N2O2/c1-5-16(12-14-10-11-14)21-17-9-7-6-8-15(17)13-20-18(22)23-19(2,3)4/h14-17,21H,5-13H2,1-4H3,(H,20,22). The highest BCUT2D eigenvalue weighted by Gasteiger charge is 2.30. The van der Waals surface area contributed by atoms with E-state index >= 15 is 0 Å². The predicted octanol–water partition coefficient (Wildman–Crippen LogP) is 4.24. The highest BCUT2D eigenvalue weighted by Crippen LogP contribution is 2.35. The van der Waals surface area contributed by atoms with Gasteiger partial charge >= 0.3 is 6.09 Å². The number of rotatable bonds is 7. The van der Waals surface area contributed by atoms with Crippen LogP contribution >= 0.6 is 0 Å². The quantitative estimate of drug-likeness (QED) is 0.736. The summed E-state index contributed by atoms with van der Waals surface area (Å²) in [6.45, 7) is 8.73. The summed E-state index contributed by atoms with van der Waals surface area (Å²) in [4.78, 5) is 11.9. The zero-order valence-corrected chi connectivity index (χ0v) is 15.5. The SMILES string of the molecule is CCC(CC1CC1)NC1CCCCC1CNC(=O)OC(C)(C)C. The molecule has 23 heavy (non-hydrogen) atoms. The van der Waals surface area contributed by atoms with Gasteiger partial charge in [-0.25, -0.2) is 4.79 Å². The normalized spacial score (nSPS) is 26.6. The molecule has 3 unspecified atom stereocenters. The summed E-state index contributed by atoms with van der Waals surface area (Å²) in [5.74, 6) is 1.50. The molecular weight excluding hydrogens is 288 g/mol. The van der Waals surface area contributed by atoms with E-state index < -0.39 is 5.60 Å². The second-order valence-electron chi connectivity index (χ2n) is 8.48. The average Bonchev–Trinajstić information content (AvgIpc) is 3.27. The monoisotopic (exact) mass is 324 g/mol. The Labute approximate surface area is 142 Å². The van der Waals surface area contributed by atoms with Crippen molar-refractivity contribution in [2.24, 2.45) is 11.8 Å². The van der Waals surface area contributed by atoms with Crippen molar-refractivity contribution in [1.82, 2.24) is 10.6 Å². The van der Waals surface area contributed by atoms with Gasteiger partial charge in [0.25, 0.3) is 0 Å². The summed E-state index contributed by atoms with van der Waals surface area (Å²) in [5.41, 5.74) is -0.425. The molecule has 1 amide bonds. The van der Waals surface area contributed by atoms with Crippen molar-refractivity contribution < 1.29 is 9.53 Å². The Balaban J connectivity index is 1.78. The van der Waals surface area contributed by atoms with E-state index in [0.29, 0.717) is 18.0 Å². The van der Waals surface area contributed by atoms with E-state index in [1.54, 1.807) is 0 Å². The lowest BCUT2D eigenvalue weighted by Gasteiger charge is -2.35. The third kappa shape index (κ3) is 7.11. The average molecular weight is 325 g/mol. The number of carbonyl (C=O) groups is 1. The third-order valence-corrected chi connectivity index (χ3v) is 5.07. The van der Waals surface area contributed by atoms with Crippen molar-refractivity contribution in [1.29, 1.82) is 0 Å². The van der Waals surface area contributed by atoms with Crippen molar-refractivity contribution in [3.05, 3.63) is 0 Å². The predicted molar refractivity (Wildman–Crippen MR) is 94.5 cm³/mol. The van der Waals surface area contributed by atoms with Crippen LogP contribution in [-0.2, 0) is 4.74 Å². The lowest BCUT2D eigenvalue weighted by atomic mass is 9.83. The van der Waals surface area contributed by atoms with E-state index in [2.05, 4.69) is 17.6 Å². The van der Waals surface area contributed by atoms with Crippen LogP contribution in [-0.4, -0.2) is 30.3 Å². The number of carbonyl (C=O) groups excluding carboxylic acids is 1. The smallest absolute Gasteiger partial charge is 0.407 e. The summed E-state index contributed by atoms with van der Waals surface area (Å²) in [6.07, 6.45) is 10.1. The van der Waals surface area contributed by atoms with E-state index in [1.807, 2.05) is 20.8 Å². The number of hydrogen-bond donors (Lipinski definition) is 2. The fraction of sp³-hybridized carbons (Fsp3) is 0.947. The minimum atomic E-state index is -0.425. The van der Waals surface area contributed by atoms with E-state index in [4.69, 9.17) is 4.74 Å². The van der Waals surface area contributed by atoms with Crippen LogP contribution in [0.15, 0.2) is 0 Å². The van der Waals surface area contributed by atoms with E-state index in [-0.39, 0.29) is 6.09 Å². The Hall–Kier alpha value is -0.770. The first-order chi connectivity index (χ1) is 10.9. The summed E-state index contributed by atoms with van der Waals surface area (Å²) < 4.78 is 5.36. The van der Waals surface area contributed by atoms with Crippen LogP contribution in [0.2, 0.25) is 0 Å². The molecule has 0 heterocycles. The Morgan fingerprint density at radius 3 is 2.48 bits per heavy atom. The lowest BCUT2D eigenvalue weighted by Crippen LogP contribution is -2.48. The van der Waals surface area contributed by atoms with Crippen molar-refractivity contribution in [2.45, 2.75) is 96.7 Å². The fourth-order valence-electron chi connectivity index (χ4n) is 3.61. The number of amides is 1. The molecule has 0 saturated heterocycles. The molecule has 0 aromatic heterocycles. The van der Waals surface area contributed by atoms with Gasteiger partial charge in [-0.05, 0) is 58.3 Å². The van der Waals surface area contributed by atoms with Gasteiger partial charge in [-0.15, -0.1) is 0 Å². The van der Waals surface area contributed by atoms with Crippen molar-refractivity contribution in [3.63, 3.8) is 0 Å². The number of hydrogen-bond acceptors (Lipinski definition) is 3. The molecule has 2 saturated carbocycles. The molecule has 2 aliphatic rings. The molecule has 2 N–H and O–H groups in total. The van der Waals surface area contributed by atoms with Gasteiger partial charge in [-0.2, -0.15) is 0 Å². The summed E-state index contributed by atoms with van der Waals surface area (Å²) in [6, 6.07) is 1.19.